The minimum atomic E-state index is -4.12. The maximum absolute atomic E-state index is 10.8. The summed E-state index contributed by atoms with van der Waals surface area (Å²) in [6.45, 7) is 0. The topological polar surface area (TPSA) is 67.3 Å². The molecule has 6 heteroatoms. The predicted octanol–water partition coefficient (Wildman–Crippen LogP) is 1.90. The van der Waals surface area contributed by atoms with Crippen LogP contribution in [0.2, 0.25) is 0 Å². The number of aromatic nitrogens is 1. The smallest absolute Gasteiger partial charge is 0.282 e. The molecule has 0 unspecified atom stereocenters. The highest BCUT2D eigenvalue weighted by Gasteiger charge is 2.09. The van der Waals surface area contributed by atoms with Crippen molar-refractivity contribution in [3.05, 3.63) is 36.7 Å². The second-order valence-electron chi connectivity index (χ2n) is 2.86. The molecule has 2 aromatic rings. The number of hydrogen-bond acceptors (Lipinski definition) is 3. The van der Waals surface area contributed by atoms with E-state index in [1.807, 2.05) is 0 Å². The highest BCUT2D eigenvalue weighted by Crippen LogP contribution is 2.17. The quantitative estimate of drug-likeness (QED) is 0.780. The van der Waals surface area contributed by atoms with Crippen molar-refractivity contribution in [3.8, 4) is 0 Å². The van der Waals surface area contributed by atoms with Gasteiger partial charge in [0.1, 0.15) is 0 Å². The summed E-state index contributed by atoms with van der Waals surface area (Å²) in [7, 11) is -4.12. The highest BCUT2D eigenvalue weighted by atomic mass is 35.5. The molecule has 0 bridgehead atoms. The molecule has 0 aliphatic rings. The Hall–Kier alpha value is -1.17. The van der Waals surface area contributed by atoms with Crippen LogP contribution in [-0.2, 0) is 10.1 Å². The van der Waals surface area contributed by atoms with Gasteiger partial charge in [-0.05, 0) is 23.6 Å². The predicted molar refractivity (Wildman–Crippen MR) is 58.8 cm³/mol. The SMILES string of the molecule is Cl.O=S(=O)(O)c1ccc2ccncc2c1. The average molecular weight is 246 g/mol. The van der Waals surface area contributed by atoms with E-state index in [9.17, 15) is 8.42 Å². The first-order chi connectivity index (χ1) is 6.57. The largest absolute Gasteiger partial charge is 0.294 e. The Balaban J connectivity index is 0.00000112. The first-order valence-corrected chi connectivity index (χ1v) is 5.33. The molecule has 0 fully saturated rings. The minimum absolute atomic E-state index is 0. The van der Waals surface area contributed by atoms with E-state index in [0.717, 1.165) is 5.39 Å². The van der Waals surface area contributed by atoms with E-state index in [2.05, 4.69) is 4.98 Å². The maximum atomic E-state index is 10.8. The third-order valence-corrected chi connectivity index (χ3v) is 2.76. The van der Waals surface area contributed by atoms with Gasteiger partial charge in [0.2, 0.25) is 0 Å². The van der Waals surface area contributed by atoms with Crippen LogP contribution in [0.4, 0.5) is 0 Å². The lowest BCUT2D eigenvalue weighted by Gasteiger charge is -1.99. The maximum Gasteiger partial charge on any atom is 0.294 e. The molecule has 15 heavy (non-hydrogen) atoms. The summed E-state index contributed by atoms with van der Waals surface area (Å²) >= 11 is 0. The molecular weight excluding hydrogens is 238 g/mol. The van der Waals surface area contributed by atoms with Crippen LogP contribution in [0.5, 0.6) is 0 Å². The zero-order chi connectivity index (χ0) is 10.2. The summed E-state index contributed by atoms with van der Waals surface area (Å²) in [6.07, 6.45) is 3.17. The van der Waals surface area contributed by atoms with Crippen LogP contribution in [-0.4, -0.2) is 18.0 Å². The minimum Gasteiger partial charge on any atom is -0.282 e. The number of benzene rings is 1. The zero-order valence-electron chi connectivity index (χ0n) is 7.49. The summed E-state index contributed by atoms with van der Waals surface area (Å²) < 4.78 is 30.4. The summed E-state index contributed by atoms with van der Waals surface area (Å²) in [4.78, 5) is 3.75. The van der Waals surface area contributed by atoms with Crippen LogP contribution in [0.25, 0.3) is 10.8 Å². The fourth-order valence-corrected chi connectivity index (χ4v) is 1.74. The van der Waals surface area contributed by atoms with E-state index in [-0.39, 0.29) is 17.3 Å². The molecule has 4 nitrogen and oxygen atoms in total. The first-order valence-electron chi connectivity index (χ1n) is 3.89. The van der Waals surface area contributed by atoms with Crippen molar-refractivity contribution in [2.24, 2.45) is 0 Å². The first kappa shape index (κ1) is 11.9. The van der Waals surface area contributed by atoms with Crippen molar-refractivity contribution in [3.63, 3.8) is 0 Å². The van der Waals surface area contributed by atoms with E-state index in [4.69, 9.17) is 4.55 Å². The summed E-state index contributed by atoms with van der Waals surface area (Å²) in [5.41, 5.74) is 0. The van der Waals surface area contributed by atoms with E-state index >= 15 is 0 Å². The Morgan fingerprint density at radius 2 is 1.87 bits per heavy atom. The Kier molecular flexibility index (Phi) is 3.28. The van der Waals surface area contributed by atoms with Gasteiger partial charge >= 0.3 is 0 Å². The van der Waals surface area contributed by atoms with Crippen molar-refractivity contribution in [1.29, 1.82) is 0 Å². The van der Waals surface area contributed by atoms with Crippen molar-refractivity contribution in [1.82, 2.24) is 4.98 Å². The molecule has 0 amide bonds. The molecule has 0 saturated carbocycles. The molecule has 2 rings (SSSR count). The molecule has 1 N–H and O–H groups in total. The molecule has 1 aromatic heterocycles. The van der Waals surface area contributed by atoms with Crippen LogP contribution in [0, 0.1) is 0 Å². The molecule has 0 spiro atoms. The number of pyridine rings is 1. The molecule has 0 atom stereocenters. The van der Waals surface area contributed by atoms with Gasteiger partial charge in [-0.3, -0.25) is 9.54 Å². The van der Waals surface area contributed by atoms with Gasteiger partial charge in [-0.15, -0.1) is 12.4 Å². The fourth-order valence-electron chi connectivity index (χ4n) is 1.22. The molecule has 0 radical (unpaired) electrons. The second-order valence-corrected chi connectivity index (χ2v) is 4.28. The van der Waals surface area contributed by atoms with Gasteiger partial charge in [0.25, 0.3) is 10.1 Å². The third-order valence-electron chi connectivity index (χ3n) is 1.91. The van der Waals surface area contributed by atoms with Crippen LogP contribution in [0.15, 0.2) is 41.6 Å². The Morgan fingerprint density at radius 1 is 1.13 bits per heavy atom. The van der Waals surface area contributed by atoms with Gasteiger partial charge in [-0.25, -0.2) is 0 Å². The lowest BCUT2D eigenvalue weighted by molar-refractivity contribution is 0.483. The lowest BCUT2D eigenvalue weighted by atomic mass is 10.2. The molecule has 0 saturated heterocycles. The van der Waals surface area contributed by atoms with Crippen molar-refractivity contribution < 1.29 is 13.0 Å². The molecule has 0 aliphatic carbocycles. The summed E-state index contributed by atoms with van der Waals surface area (Å²) in [6, 6.07) is 6.14. The normalized spacial score (nSPS) is 11.0. The Bertz CT molecular complexity index is 583. The highest BCUT2D eigenvalue weighted by molar-refractivity contribution is 7.85. The molecular formula is C9H8ClNO3S. The van der Waals surface area contributed by atoms with Crippen molar-refractivity contribution >= 4 is 33.3 Å². The van der Waals surface area contributed by atoms with Crippen molar-refractivity contribution in [2.75, 3.05) is 0 Å². The van der Waals surface area contributed by atoms with Crippen LogP contribution < -0.4 is 0 Å². The van der Waals surface area contributed by atoms with Gasteiger partial charge in [0.15, 0.2) is 0 Å². The zero-order valence-corrected chi connectivity index (χ0v) is 9.12. The number of rotatable bonds is 1. The van der Waals surface area contributed by atoms with E-state index < -0.39 is 10.1 Å². The fraction of sp³-hybridized carbons (Fsp3) is 0. The number of fused-ring (bicyclic) bond motifs is 1. The number of halogens is 1. The van der Waals surface area contributed by atoms with E-state index in [1.54, 1.807) is 24.5 Å². The summed E-state index contributed by atoms with van der Waals surface area (Å²) in [5.74, 6) is 0. The molecule has 80 valence electrons. The van der Waals surface area contributed by atoms with E-state index in [1.165, 1.54) is 12.1 Å². The van der Waals surface area contributed by atoms with Crippen LogP contribution in [0.1, 0.15) is 0 Å². The second kappa shape index (κ2) is 4.14. The molecule has 0 aliphatic heterocycles. The molecule has 1 heterocycles. The summed E-state index contributed by atoms with van der Waals surface area (Å²) in [5, 5.41) is 1.56. The lowest BCUT2D eigenvalue weighted by Crippen LogP contribution is -1.97. The third kappa shape index (κ3) is 2.44. The average Bonchev–Trinajstić information content (AvgIpc) is 2.16. The van der Waals surface area contributed by atoms with Gasteiger partial charge in [0.05, 0.1) is 4.90 Å². The van der Waals surface area contributed by atoms with Gasteiger partial charge < -0.3 is 0 Å². The van der Waals surface area contributed by atoms with Gasteiger partial charge in [-0.1, -0.05) is 6.07 Å². The van der Waals surface area contributed by atoms with Gasteiger partial charge in [-0.2, -0.15) is 8.42 Å². The molecule has 1 aromatic carbocycles. The standard InChI is InChI=1S/C9H7NO3S.ClH/c11-14(12,13)9-2-1-7-3-4-10-6-8(7)5-9;/h1-6H,(H,11,12,13);1H. The van der Waals surface area contributed by atoms with Gasteiger partial charge in [0, 0.05) is 17.8 Å². The monoisotopic (exact) mass is 245 g/mol. The number of hydrogen-bond donors (Lipinski definition) is 1. The van der Waals surface area contributed by atoms with Crippen LogP contribution >= 0.6 is 12.4 Å². The van der Waals surface area contributed by atoms with Crippen LogP contribution in [0.3, 0.4) is 0 Å². The van der Waals surface area contributed by atoms with Crippen molar-refractivity contribution in [2.45, 2.75) is 4.90 Å². The Morgan fingerprint density at radius 3 is 2.53 bits per heavy atom. The Labute approximate surface area is 93.1 Å². The number of nitrogens with zero attached hydrogens (tertiary/aromatic N) is 1. The van der Waals surface area contributed by atoms with E-state index in [0.29, 0.717) is 5.39 Å².